The van der Waals surface area contributed by atoms with Gasteiger partial charge in [-0.15, -0.1) is 9.24 Å². The highest BCUT2D eigenvalue weighted by Gasteiger charge is 1.99. The molecule has 1 nitrogen and oxygen atoms in total. The molecule has 74 valence electrons. The topological polar surface area (TPSA) is 12.4 Å². The Hall–Kier alpha value is -0.940. The Morgan fingerprint density at radius 1 is 1.43 bits per heavy atom. The SMILES string of the molecule is C/N=C\C=C(/C)c1cc(P)ccc1C. The molecule has 0 aliphatic rings. The van der Waals surface area contributed by atoms with Crippen molar-refractivity contribution in [3.05, 3.63) is 35.4 Å². The number of nitrogens with zero attached hydrogens (tertiary/aromatic N) is 1. The minimum absolute atomic E-state index is 1.21. The number of aryl methyl sites for hydroxylation is 1. The molecule has 2 heteroatoms. The quantitative estimate of drug-likeness (QED) is 0.520. The molecule has 0 bridgehead atoms. The largest absolute Gasteiger partial charge is 0.297 e. The Labute approximate surface area is 88.2 Å². The molecule has 0 aromatic heterocycles. The third kappa shape index (κ3) is 2.78. The lowest BCUT2D eigenvalue weighted by Crippen LogP contribution is -1.95. The lowest BCUT2D eigenvalue weighted by atomic mass is 10.0. The van der Waals surface area contributed by atoms with Crippen LogP contribution in [0.4, 0.5) is 0 Å². The number of allylic oxidation sites excluding steroid dienone is 2. The summed E-state index contributed by atoms with van der Waals surface area (Å²) < 4.78 is 0. The van der Waals surface area contributed by atoms with Gasteiger partial charge in [-0.3, -0.25) is 4.99 Å². The minimum atomic E-state index is 1.21. The van der Waals surface area contributed by atoms with Crippen molar-refractivity contribution in [2.75, 3.05) is 7.05 Å². The zero-order valence-electron chi connectivity index (χ0n) is 8.91. The molecule has 0 amide bonds. The predicted octanol–water partition coefficient (Wildman–Crippen LogP) is 2.60. The molecule has 0 heterocycles. The molecule has 1 aromatic carbocycles. The van der Waals surface area contributed by atoms with Gasteiger partial charge in [-0.2, -0.15) is 0 Å². The van der Waals surface area contributed by atoms with Crippen LogP contribution in [0.1, 0.15) is 18.1 Å². The molecule has 1 aromatic rings. The van der Waals surface area contributed by atoms with Gasteiger partial charge in [0, 0.05) is 13.3 Å². The van der Waals surface area contributed by atoms with E-state index >= 15 is 0 Å². The van der Waals surface area contributed by atoms with E-state index in [4.69, 9.17) is 0 Å². The summed E-state index contributed by atoms with van der Waals surface area (Å²) in [5.74, 6) is 0. The third-order valence-corrected chi connectivity index (χ3v) is 2.52. The molecule has 0 fully saturated rings. The zero-order chi connectivity index (χ0) is 10.6. The first kappa shape index (κ1) is 11.1. The second-order valence-electron chi connectivity index (χ2n) is 3.33. The monoisotopic (exact) mass is 205 g/mol. The molecule has 0 saturated carbocycles. The summed E-state index contributed by atoms with van der Waals surface area (Å²) in [6.45, 7) is 4.23. The van der Waals surface area contributed by atoms with Gasteiger partial charge < -0.3 is 0 Å². The van der Waals surface area contributed by atoms with Crippen LogP contribution in [-0.4, -0.2) is 13.3 Å². The maximum atomic E-state index is 3.95. The number of rotatable bonds is 2. The molecule has 0 N–H and O–H groups in total. The van der Waals surface area contributed by atoms with Crippen molar-refractivity contribution in [3.8, 4) is 0 Å². The Bertz CT molecular complexity index is 378. The Kier molecular flexibility index (Phi) is 4.03. The maximum Gasteiger partial charge on any atom is 0.0277 e. The van der Waals surface area contributed by atoms with E-state index in [0.717, 1.165) is 0 Å². The van der Waals surface area contributed by atoms with E-state index in [1.165, 1.54) is 22.0 Å². The summed E-state index contributed by atoms with van der Waals surface area (Å²) >= 11 is 0. The van der Waals surface area contributed by atoms with Crippen molar-refractivity contribution in [2.45, 2.75) is 13.8 Å². The van der Waals surface area contributed by atoms with Crippen LogP contribution in [0.5, 0.6) is 0 Å². The normalized spacial score (nSPS) is 12.4. The number of hydrogen-bond acceptors (Lipinski definition) is 1. The predicted molar refractivity (Wildman–Crippen MR) is 68.6 cm³/mol. The highest BCUT2D eigenvalue weighted by molar-refractivity contribution is 7.27. The van der Waals surface area contributed by atoms with Crippen LogP contribution >= 0.6 is 9.24 Å². The van der Waals surface area contributed by atoms with Gasteiger partial charge >= 0.3 is 0 Å². The Morgan fingerprint density at radius 2 is 2.14 bits per heavy atom. The summed E-state index contributed by atoms with van der Waals surface area (Å²) in [5.41, 5.74) is 3.84. The van der Waals surface area contributed by atoms with Crippen LogP contribution in [0.3, 0.4) is 0 Å². The van der Waals surface area contributed by atoms with Crippen molar-refractivity contribution in [2.24, 2.45) is 4.99 Å². The summed E-state index contributed by atoms with van der Waals surface area (Å²) in [6.07, 6.45) is 3.86. The number of aliphatic imine (C=N–C) groups is 1. The van der Waals surface area contributed by atoms with Crippen LogP contribution in [0.2, 0.25) is 0 Å². The van der Waals surface area contributed by atoms with E-state index < -0.39 is 0 Å². The molecule has 1 unspecified atom stereocenters. The van der Waals surface area contributed by atoms with Gasteiger partial charge in [-0.05, 0) is 48.0 Å². The van der Waals surface area contributed by atoms with Crippen molar-refractivity contribution >= 4 is 26.3 Å². The van der Waals surface area contributed by atoms with Crippen LogP contribution in [-0.2, 0) is 0 Å². The van der Waals surface area contributed by atoms with Crippen LogP contribution in [0.15, 0.2) is 29.3 Å². The molecule has 0 aliphatic heterocycles. The highest BCUT2D eigenvalue weighted by Crippen LogP contribution is 2.17. The van der Waals surface area contributed by atoms with Gasteiger partial charge in [0.2, 0.25) is 0 Å². The number of benzene rings is 1. The van der Waals surface area contributed by atoms with Crippen LogP contribution < -0.4 is 5.30 Å². The average molecular weight is 205 g/mol. The van der Waals surface area contributed by atoms with Crippen molar-refractivity contribution < 1.29 is 0 Å². The lowest BCUT2D eigenvalue weighted by Gasteiger charge is -2.06. The van der Waals surface area contributed by atoms with Gasteiger partial charge in [0.15, 0.2) is 0 Å². The van der Waals surface area contributed by atoms with Gasteiger partial charge in [0.1, 0.15) is 0 Å². The molecule has 0 aliphatic carbocycles. The van der Waals surface area contributed by atoms with Gasteiger partial charge in [-0.25, -0.2) is 0 Å². The Balaban J connectivity index is 3.11. The fourth-order valence-corrected chi connectivity index (χ4v) is 1.60. The summed E-state index contributed by atoms with van der Waals surface area (Å²) in [6, 6.07) is 6.41. The first-order valence-electron chi connectivity index (χ1n) is 4.60. The average Bonchev–Trinajstić information content (AvgIpc) is 2.18. The van der Waals surface area contributed by atoms with E-state index in [1.807, 2.05) is 12.3 Å². The fraction of sp³-hybridized carbons (Fsp3) is 0.250. The van der Waals surface area contributed by atoms with Crippen molar-refractivity contribution in [3.63, 3.8) is 0 Å². The third-order valence-electron chi connectivity index (χ3n) is 2.16. The lowest BCUT2D eigenvalue weighted by molar-refractivity contribution is 1.42. The number of hydrogen-bond donors (Lipinski definition) is 0. The molecule has 0 saturated heterocycles. The van der Waals surface area contributed by atoms with E-state index in [1.54, 1.807) is 7.05 Å². The maximum absolute atomic E-state index is 3.95. The molecule has 1 atom stereocenters. The van der Waals surface area contributed by atoms with E-state index in [2.05, 4.69) is 46.3 Å². The second-order valence-corrected chi connectivity index (χ2v) is 4.00. The smallest absolute Gasteiger partial charge is 0.0277 e. The van der Waals surface area contributed by atoms with Crippen LogP contribution in [0.25, 0.3) is 5.57 Å². The van der Waals surface area contributed by atoms with Gasteiger partial charge in [0.25, 0.3) is 0 Å². The minimum Gasteiger partial charge on any atom is -0.297 e. The summed E-state index contributed by atoms with van der Waals surface area (Å²) in [7, 11) is 4.50. The standard InChI is InChI=1S/C12H16NP/c1-9-4-5-11(14)8-12(9)10(2)6-7-13-3/h4-8H,14H2,1-3H3/b10-6+,13-7-. The first-order valence-corrected chi connectivity index (χ1v) is 5.18. The molecule has 0 spiro atoms. The molecule has 14 heavy (non-hydrogen) atoms. The highest BCUT2D eigenvalue weighted by atomic mass is 31.0. The summed E-state index contributed by atoms with van der Waals surface area (Å²) in [5, 5.41) is 1.21. The molecule has 1 rings (SSSR count). The Morgan fingerprint density at radius 3 is 2.79 bits per heavy atom. The summed E-state index contributed by atoms with van der Waals surface area (Å²) in [4.78, 5) is 3.95. The molecular weight excluding hydrogens is 189 g/mol. The van der Waals surface area contributed by atoms with Crippen molar-refractivity contribution in [1.82, 2.24) is 0 Å². The molecule has 0 radical (unpaired) electrons. The zero-order valence-corrected chi connectivity index (χ0v) is 10.1. The van der Waals surface area contributed by atoms with Gasteiger partial charge in [-0.1, -0.05) is 12.1 Å². The van der Waals surface area contributed by atoms with Gasteiger partial charge in [0.05, 0.1) is 0 Å². The first-order chi connectivity index (χ1) is 6.65. The second kappa shape index (κ2) is 5.07. The van der Waals surface area contributed by atoms with E-state index in [9.17, 15) is 0 Å². The fourth-order valence-electron chi connectivity index (χ4n) is 1.34. The molecular formula is C12H16NP. The van der Waals surface area contributed by atoms with Crippen molar-refractivity contribution in [1.29, 1.82) is 0 Å². The van der Waals surface area contributed by atoms with E-state index in [0.29, 0.717) is 0 Å². The van der Waals surface area contributed by atoms with E-state index in [-0.39, 0.29) is 0 Å². The van der Waals surface area contributed by atoms with Crippen LogP contribution in [0, 0.1) is 6.92 Å².